The van der Waals surface area contributed by atoms with Crippen LogP contribution in [0.1, 0.15) is 35.6 Å². The second kappa shape index (κ2) is 15.1. The molecule has 1 saturated heterocycles. The normalized spacial score (nSPS) is 27.3. The molecule has 0 saturated carbocycles. The van der Waals surface area contributed by atoms with E-state index in [1.54, 1.807) is 30.0 Å². The molecule has 16 nitrogen and oxygen atoms in total. The lowest BCUT2D eigenvalue weighted by Gasteiger charge is -2.37. The summed E-state index contributed by atoms with van der Waals surface area (Å²) in [6.45, 7) is 1.62. The Bertz CT molecular complexity index is 1920. The van der Waals surface area contributed by atoms with Gasteiger partial charge in [0.2, 0.25) is 5.91 Å². The SMILES string of the molecule is C[C@@H](/C=C/CC(=O)N1Cc2ccccc2C[C@H]1CO)[C@]1(O)C(=O)N(Cc2ccc(NC(=O)[C@H]3O[C@@H](O)[C@H](O)[C@@H](O)[C@@H]3O)cc2)c2ccc([N+](=O)[O-])cc21. The maximum absolute atomic E-state index is 14.1. The van der Waals surface area contributed by atoms with Crippen LogP contribution < -0.4 is 10.2 Å². The number of ether oxygens (including phenoxy) is 1. The molecule has 3 aliphatic heterocycles. The van der Waals surface area contributed by atoms with E-state index >= 15 is 0 Å². The summed E-state index contributed by atoms with van der Waals surface area (Å²) in [7, 11) is 0. The molecule has 8 atom stereocenters. The van der Waals surface area contributed by atoms with Gasteiger partial charge in [0, 0.05) is 42.3 Å². The molecule has 0 spiro atoms. The van der Waals surface area contributed by atoms with Gasteiger partial charge in [-0.2, -0.15) is 0 Å². The molecule has 0 bridgehead atoms. The van der Waals surface area contributed by atoms with E-state index < -0.39 is 65.0 Å². The third-order valence-corrected chi connectivity index (χ3v) is 10.1. The molecule has 3 amide bonds. The molecule has 0 aromatic heterocycles. The van der Waals surface area contributed by atoms with Gasteiger partial charge in [-0.3, -0.25) is 24.5 Å². The molecule has 0 radical (unpaired) electrons. The predicted molar refractivity (Wildman–Crippen MR) is 187 cm³/mol. The third-order valence-electron chi connectivity index (χ3n) is 10.1. The van der Waals surface area contributed by atoms with Crippen molar-refractivity contribution in [1.82, 2.24) is 4.90 Å². The Hall–Kier alpha value is -5.07. The van der Waals surface area contributed by atoms with Gasteiger partial charge in [-0.1, -0.05) is 55.5 Å². The minimum atomic E-state index is -2.23. The van der Waals surface area contributed by atoms with Gasteiger partial charge >= 0.3 is 0 Å². The number of rotatable bonds is 10. The van der Waals surface area contributed by atoms with Gasteiger partial charge in [0.05, 0.1) is 29.8 Å². The first kappa shape index (κ1) is 37.7. The maximum Gasteiger partial charge on any atom is 0.269 e. The summed E-state index contributed by atoms with van der Waals surface area (Å²) in [4.78, 5) is 54.1. The third kappa shape index (κ3) is 7.17. The summed E-state index contributed by atoms with van der Waals surface area (Å²) in [5.74, 6) is -2.83. The number of hydrogen-bond donors (Lipinski definition) is 7. The van der Waals surface area contributed by atoms with Crippen molar-refractivity contribution in [2.24, 2.45) is 5.92 Å². The van der Waals surface area contributed by atoms with Crippen LogP contribution in [-0.4, -0.2) is 102 Å². The number of aliphatic hydroxyl groups is 6. The van der Waals surface area contributed by atoms with Gasteiger partial charge in [0.1, 0.15) is 18.3 Å². The number of nitro benzene ring substituents is 1. The fourth-order valence-electron chi connectivity index (χ4n) is 7.04. The van der Waals surface area contributed by atoms with E-state index in [1.165, 1.54) is 35.2 Å². The summed E-state index contributed by atoms with van der Waals surface area (Å²) in [6.07, 6.45) is -5.51. The number of aliphatic hydroxyl groups excluding tert-OH is 5. The zero-order valence-corrected chi connectivity index (χ0v) is 28.6. The summed E-state index contributed by atoms with van der Waals surface area (Å²) in [5.41, 5.74) is 0.553. The summed E-state index contributed by atoms with van der Waals surface area (Å²) in [6, 6.07) is 17.2. The highest BCUT2D eigenvalue weighted by atomic mass is 16.6. The van der Waals surface area contributed by atoms with Crippen molar-refractivity contribution in [1.29, 1.82) is 0 Å². The van der Waals surface area contributed by atoms with E-state index in [4.69, 9.17) is 4.74 Å². The number of nitrogens with zero attached hydrogens (tertiary/aromatic N) is 3. The minimum Gasteiger partial charge on any atom is -0.394 e. The molecule has 53 heavy (non-hydrogen) atoms. The number of anilines is 2. The molecule has 3 aromatic carbocycles. The van der Waals surface area contributed by atoms with Gasteiger partial charge in [-0.05, 0) is 41.3 Å². The van der Waals surface area contributed by atoms with Crippen LogP contribution >= 0.6 is 0 Å². The van der Waals surface area contributed by atoms with Crippen molar-refractivity contribution in [3.63, 3.8) is 0 Å². The van der Waals surface area contributed by atoms with Gasteiger partial charge in [0.15, 0.2) is 18.0 Å². The summed E-state index contributed by atoms with van der Waals surface area (Å²) in [5, 5.41) is 75.7. The number of benzene rings is 3. The van der Waals surface area contributed by atoms with Crippen LogP contribution in [0.5, 0.6) is 0 Å². The van der Waals surface area contributed by atoms with Crippen molar-refractivity contribution in [2.45, 2.75) is 75.2 Å². The van der Waals surface area contributed by atoms with E-state index in [0.717, 1.165) is 17.2 Å². The highest BCUT2D eigenvalue weighted by Gasteiger charge is 2.53. The van der Waals surface area contributed by atoms with E-state index in [2.05, 4.69) is 5.32 Å². The molecule has 16 heteroatoms. The smallest absolute Gasteiger partial charge is 0.269 e. The summed E-state index contributed by atoms with van der Waals surface area (Å²) >= 11 is 0. The monoisotopic (exact) mass is 732 g/mol. The summed E-state index contributed by atoms with van der Waals surface area (Å²) < 4.78 is 4.96. The van der Waals surface area contributed by atoms with Crippen LogP contribution in [0.2, 0.25) is 0 Å². The Labute approximate surface area is 303 Å². The number of hydrogen-bond acceptors (Lipinski definition) is 12. The zero-order valence-electron chi connectivity index (χ0n) is 28.6. The van der Waals surface area contributed by atoms with Gasteiger partial charge in [-0.15, -0.1) is 0 Å². The predicted octanol–water partition coefficient (Wildman–Crippen LogP) is 0.596. The maximum atomic E-state index is 14.1. The first-order valence-electron chi connectivity index (χ1n) is 17.0. The Balaban J connectivity index is 1.17. The molecular weight excluding hydrogens is 692 g/mol. The molecule has 6 rings (SSSR count). The van der Waals surface area contributed by atoms with Crippen LogP contribution in [0.4, 0.5) is 17.1 Å². The largest absolute Gasteiger partial charge is 0.394 e. The Morgan fingerprint density at radius 1 is 1.04 bits per heavy atom. The van der Waals surface area contributed by atoms with Crippen molar-refractivity contribution < 1.29 is 54.7 Å². The standard InChI is InChI=1S/C37H40N4O12/c1-20(5-4-8-29(43)39-18-23-7-3-2-6-22(23)15-26(39)19-42)37(50)27-16-25(41(51)52)13-14-28(27)40(36(37)49)17-21-9-11-24(12-10-21)38-34(47)33-31(45)30(44)32(46)35(48)53-33/h2-7,9-14,16,20,26,30-33,35,42,44-46,48,50H,8,15,17-19H2,1H3,(H,38,47)/b5-4+/t20-,26-,30-,31-,32+,33-,35+,37+/m0/s1. The van der Waals surface area contributed by atoms with Crippen LogP contribution in [0.3, 0.4) is 0 Å². The van der Waals surface area contributed by atoms with E-state index in [0.29, 0.717) is 18.5 Å². The van der Waals surface area contributed by atoms with Crippen molar-refractivity contribution in [3.8, 4) is 0 Å². The molecule has 3 aromatic rings. The molecule has 1 fully saturated rings. The van der Waals surface area contributed by atoms with Crippen LogP contribution in [0.15, 0.2) is 78.9 Å². The highest BCUT2D eigenvalue weighted by molar-refractivity contribution is 6.07. The van der Waals surface area contributed by atoms with Crippen molar-refractivity contribution >= 4 is 34.8 Å². The van der Waals surface area contributed by atoms with E-state index in [9.17, 15) is 55.1 Å². The number of nitrogens with one attached hydrogen (secondary N) is 1. The minimum absolute atomic E-state index is 0.0255. The number of carbonyl (C=O) groups excluding carboxylic acids is 3. The number of nitro groups is 1. The second-order valence-electron chi connectivity index (χ2n) is 13.5. The Kier molecular flexibility index (Phi) is 10.7. The fraction of sp³-hybridized carbons (Fsp3) is 0.378. The van der Waals surface area contributed by atoms with Crippen LogP contribution in [0, 0.1) is 16.0 Å². The topological polar surface area (TPSA) is 243 Å². The lowest BCUT2D eigenvalue weighted by atomic mass is 9.82. The molecule has 0 aliphatic carbocycles. The zero-order chi connectivity index (χ0) is 38.2. The average molecular weight is 733 g/mol. The van der Waals surface area contributed by atoms with Gasteiger partial charge < -0.3 is 50.5 Å². The quantitative estimate of drug-likeness (QED) is 0.0861. The second-order valence-corrected chi connectivity index (χ2v) is 13.5. The molecule has 0 unspecified atom stereocenters. The first-order valence-corrected chi connectivity index (χ1v) is 17.0. The molecule has 3 aliphatic rings. The molecule has 7 N–H and O–H groups in total. The van der Waals surface area contributed by atoms with E-state index in [1.807, 2.05) is 24.3 Å². The number of non-ortho nitro benzene ring substituents is 1. The lowest BCUT2D eigenvalue weighted by molar-refractivity contribution is -0.385. The van der Waals surface area contributed by atoms with E-state index in [-0.39, 0.29) is 48.1 Å². The molecular formula is C37H40N4O12. The Morgan fingerprint density at radius 3 is 2.42 bits per heavy atom. The van der Waals surface area contributed by atoms with Gasteiger partial charge in [0.25, 0.3) is 17.5 Å². The van der Waals surface area contributed by atoms with Gasteiger partial charge in [-0.25, -0.2) is 0 Å². The van der Waals surface area contributed by atoms with Crippen LogP contribution in [-0.2, 0) is 44.2 Å². The number of amides is 3. The molecule has 3 heterocycles. The molecule has 280 valence electrons. The fourth-order valence-corrected chi connectivity index (χ4v) is 7.04. The number of carbonyl (C=O) groups is 3. The highest BCUT2D eigenvalue weighted by Crippen LogP contribution is 2.47. The lowest BCUT2D eigenvalue weighted by Crippen LogP contribution is -2.60. The van der Waals surface area contributed by atoms with Crippen molar-refractivity contribution in [2.75, 3.05) is 16.8 Å². The van der Waals surface area contributed by atoms with Crippen molar-refractivity contribution in [3.05, 3.63) is 111 Å². The Morgan fingerprint density at radius 2 is 1.74 bits per heavy atom. The van der Waals surface area contributed by atoms with Crippen LogP contribution in [0.25, 0.3) is 0 Å². The number of fused-ring (bicyclic) bond motifs is 2. The first-order chi connectivity index (χ1) is 25.2. The average Bonchev–Trinajstić information content (AvgIpc) is 3.37.